The Balaban J connectivity index is 1.66. The molecular weight excluding hydrogens is 320 g/mol. The molecule has 0 bridgehead atoms. The van der Waals surface area contributed by atoms with Crippen molar-refractivity contribution < 1.29 is 19.5 Å². The fourth-order valence-electron chi connectivity index (χ4n) is 4.19. The molecule has 2 heterocycles. The molecule has 0 radical (unpaired) electrons. The van der Waals surface area contributed by atoms with Crippen LogP contribution in [0.15, 0.2) is 24.3 Å². The highest BCUT2D eigenvalue weighted by Gasteiger charge is 2.55. The Bertz CT molecular complexity index is 690. The molecule has 0 aromatic heterocycles. The van der Waals surface area contributed by atoms with Crippen molar-refractivity contribution in [3.05, 3.63) is 35.4 Å². The number of benzene rings is 1. The number of carbonyl (C=O) groups is 3. The lowest BCUT2D eigenvalue weighted by Crippen LogP contribution is -2.55. The van der Waals surface area contributed by atoms with Gasteiger partial charge in [0, 0.05) is 38.7 Å². The summed E-state index contributed by atoms with van der Waals surface area (Å²) in [6, 6.07) is 7.61. The van der Waals surface area contributed by atoms with E-state index in [9.17, 15) is 19.5 Å². The lowest BCUT2D eigenvalue weighted by molar-refractivity contribution is -0.146. The molecule has 2 fully saturated rings. The number of carboxylic acids is 1. The first-order valence-corrected chi connectivity index (χ1v) is 8.65. The van der Waals surface area contributed by atoms with Crippen LogP contribution in [0.1, 0.15) is 42.1 Å². The molecule has 2 aliphatic heterocycles. The van der Waals surface area contributed by atoms with Crippen molar-refractivity contribution >= 4 is 17.7 Å². The molecule has 0 saturated carbocycles. The highest BCUT2D eigenvalue weighted by atomic mass is 16.4. The summed E-state index contributed by atoms with van der Waals surface area (Å²) in [6.07, 6.45) is 1.47. The normalized spacial score (nSPS) is 23.2. The maximum absolute atomic E-state index is 12.0. The van der Waals surface area contributed by atoms with E-state index in [1.54, 1.807) is 18.9 Å². The van der Waals surface area contributed by atoms with Gasteiger partial charge in [-0.15, -0.1) is 0 Å². The Morgan fingerprint density at radius 3 is 2.32 bits per heavy atom. The number of Topliss-reactive ketones (excluding diaryl/α,β-unsaturated/α-hetero) is 1. The molecule has 25 heavy (non-hydrogen) atoms. The number of carbonyl (C=O) groups excluding carboxylic acids is 2. The van der Waals surface area contributed by atoms with E-state index in [-0.39, 0.29) is 18.1 Å². The number of piperidine rings is 1. The smallest absolute Gasteiger partial charge is 0.309 e. The van der Waals surface area contributed by atoms with E-state index in [0.717, 1.165) is 25.2 Å². The molecule has 0 unspecified atom stereocenters. The molecular formula is C19H24N2O4. The summed E-state index contributed by atoms with van der Waals surface area (Å²) in [5, 5.41) is 9.52. The van der Waals surface area contributed by atoms with E-state index in [2.05, 4.69) is 4.90 Å². The molecule has 6 nitrogen and oxygen atoms in total. The minimum atomic E-state index is -0.869. The SMILES string of the molecule is CC(=O)c1ccc(CN2CCC3(CC2)[C@H](C(=O)O)CC(=O)N3C)cc1. The van der Waals surface area contributed by atoms with Crippen LogP contribution in [-0.2, 0) is 16.1 Å². The molecule has 3 rings (SSSR count). The number of nitrogens with zero attached hydrogens (tertiary/aromatic N) is 2. The first kappa shape index (κ1) is 17.6. The molecule has 134 valence electrons. The summed E-state index contributed by atoms with van der Waals surface area (Å²) in [7, 11) is 1.74. The van der Waals surface area contributed by atoms with E-state index >= 15 is 0 Å². The average Bonchev–Trinajstić information content (AvgIpc) is 2.83. The maximum atomic E-state index is 12.0. The second-order valence-corrected chi connectivity index (χ2v) is 7.18. The maximum Gasteiger partial charge on any atom is 0.309 e. The zero-order chi connectivity index (χ0) is 18.2. The summed E-state index contributed by atoms with van der Waals surface area (Å²) in [4.78, 5) is 38.9. The van der Waals surface area contributed by atoms with Crippen molar-refractivity contribution in [2.45, 2.75) is 38.3 Å². The number of carboxylic acid groups (broad SMARTS) is 1. The fourth-order valence-corrected chi connectivity index (χ4v) is 4.19. The third-order valence-corrected chi connectivity index (χ3v) is 5.86. The standard InChI is InChI=1S/C19H24N2O4/c1-13(22)15-5-3-14(4-6-15)12-21-9-7-19(8-10-21)16(18(24)25)11-17(23)20(19)2/h3-6,16H,7-12H2,1-2H3,(H,24,25)/t16-/m0/s1. The number of hydrogen-bond donors (Lipinski definition) is 1. The van der Waals surface area contributed by atoms with Crippen molar-refractivity contribution in [3.8, 4) is 0 Å². The van der Waals surface area contributed by atoms with Gasteiger partial charge < -0.3 is 10.0 Å². The summed E-state index contributed by atoms with van der Waals surface area (Å²) < 4.78 is 0. The van der Waals surface area contributed by atoms with Gasteiger partial charge in [0.1, 0.15) is 0 Å². The largest absolute Gasteiger partial charge is 0.481 e. The summed E-state index contributed by atoms with van der Waals surface area (Å²) in [5.41, 5.74) is 1.29. The van der Waals surface area contributed by atoms with Crippen LogP contribution in [0.5, 0.6) is 0 Å². The van der Waals surface area contributed by atoms with Crippen molar-refractivity contribution in [1.82, 2.24) is 9.80 Å². The zero-order valence-corrected chi connectivity index (χ0v) is 14.7. The fraction of sp³-hybridized carbons (Fsp3) is 0.526. The second-order valence-electron chi connectivity index (χ2n) is 7.18. The van der Waals surface area contributed by atoms with Crippen molar-refractivity contribution in [2.75, 3.05) is 20.1 Å². The van der Waals surface area contributed by atoms with Gasteiger partial charge in [-0.05, 0) is 25.3 Å². The molecule has 1 amide bonds. The molecule has 6 heteroatoms. The number of ketones is 1. The van der Waals surface area contributed by atoms with Crippen LogP contribution >= 0.6 is 0 Å². The highest BCUT2D eigenvalue weighted by molar-refractivity contribution is 5.94. The van der Waals surface area contributed by atoms with Gasteiger partial charge >= 0.3 is 5.97 Å². The first-order chi connectivity index (χ1) is 11.8. The number of aliphatic carboxylic acids is 1. The van der Waals surface area contributed by atoms with Gasteiger partial charge in [-0.1, -0.05) is 24.3 Å². The summed E-state index contributed by atoms with van der Waals surface area (Å²) >= 11 is 0. The Kier molecular flexibility index (Phi) is 4.64. The lowest BCUT2D eigenvalue weighted by atomic mass is 9.77. The Morgan fingerprint density at radius 1 is 1.20 bits per heavy atom. The third kappa shape index (κ3) is 3.18. The average molecular weight is 344 g/mol. The molecule has 2 saturated heterocycles. The molecule has 2 aliphatic rings. The van der Waals surface area contributed by atoms with Crippen molar-refractivity contribution in [1.29, 1.82) is 0 Å². The van der Waals surface area contributed by atoms with Gasteiger partial charge in [0.15, 0.2) is 5.78 Å². The summed E-state index contributed by atoms with van der Waals surface area (Å²) in [5.74, 6) is -1.49. The minimum Gasteiger partial charge on any atom is -0.481 e. The minimum absolute atomic E-state index is 0.0557. The Morgan fingerprint density at radius 2 is 1.80 bits per heavy atom. The number of rotatable bonds is 4. The molecule has 1 spiro atoms. The molecule has 0 aliphatic carbocycles. The Hall–Kier alpha value is -2.21. The van der Waals surface area contributed by atoms with E-state index in [1.807, 2.05) is 24.3 Å². The van der Waals surface area contributed by atoms with Crippen LogP contribution < -0.4 is 0 Å². The van der Waals surface area contributed by atoms with Crippen LogP contribution in [0.3, 0.4) is 0 Å². The van der Waals surface area contributed by atoms with Gasteiger partial charge in [-0.2, -0.15) is 0 Å². The number of amides is 1. The Labute approximate surface area is 147 Å². The predicted octanol–water partition coefficient (Wildman–Crippen LogP) is 1.79. The quantitative estimate of drug-likeness (QED) is 0.843. The number of likely N-dealkylation sites (tertiary alicyclic amines) is 2. The van der Waals surface area contributed by atoms with Gasteiger partial charge in [0.25, 0.3) is 0 Å². The van der Waals surface area contributed by atoms with E-state index < -0.39 is 17.4 Å². The monoisotopic (exact) mass is 344 g/mol. The second kappa shape index (κ2) is 6.59. The van der Waals surface area contributed by atoms with E-state index in [1.165, 1.54) is 0 Å². The van der Waals surface area contributed by atoms with E-state index in [0.29, 0.717) is 18.4 Å². The number of hydrogen-bond acceptors (Lipinski definition) is 4. The highest BCUT2D eigenvalue weighted by Crippen LogP contribution is 2.42. The topological polar surface area (TPSA) is 77.9 Å². The van der Waals surface area contributed by atoms with Gasteiger partial charge in [0.05, 0.1) is 11.5 Å². The van der Waals surface area contributed by atoms with Crippen LogP contribution in [0.25, 0.3) is 0 Å². The van der Waals surface area contributed by atoms with Crippen LogP contribution in [-0.4, -0.2) is 58.2 Å². The van der Waals surface area contributed by atoms with Gasteiger partial charge in [-0.25, -0.2) is 0 Å². The predicted molar refractivity (Wildman–Crippen MR) is 92.2 cm³/mol. The first-order valence-electron chi connectivity index (χ1n) is 8.65. The molecule has 1 aromatic carbocycles. The molecule has 1 aromatic rings. The van der Waals surface area contributed by atoms with E-state index in [4.69, 9.17) is 0 Å². The molecule has 1 atom stereocenters. The summed E-state index contributed by atoms with van der Waals surface area (Å²) in [6.45, 7) is 3.84. The van der Waals surface area contributed by atoms with Gasteiger partial charge in [0.2, 0.25) is 5.91 Å². The van der Waals surface area contributed by atoms with Crippen molar-refractivity contribution in [3.63, 3.8) is 0 Å². The van der Waals surface area contributed by atoms with Crippen molar-refractivity contribution in [2.24, 2.45) is 5.92 Å². The zero-order valence-electron chi connectivity index (χ0n) is 14.7. The van der Waals surface area contributed by atoms with Gasteiger partial charge in [-0.3, -0.25) is 19.3 Å². The van der Waals surface area contributed by atoms with Crippen LogP contribution in [0, 0.1) is 5.92 Å². The van der Waals surface area contributed by atoms with Crippen LogP contribution in [0.2, 0.25) is 0 Å². The lowest BCUT2D eigenvalue weighted by Gasteiger charge is -2.45. The van der Waals surface area contributed by atoms with Crippen LogP contribution in [0.4, 0.5) is 0 Å². The molecule has 1 N–H and O–H groups in total. The third-order valence-electron chi connectivity index (χ3n) is 5.86.